The van der Waals surface area contributed by atoms with Crippen LogP contribution in [0.5, 0.6) is 0 Å². The fourth-order valence-corrected chi connectivity index (χ4v) is 3.48. The van der Waals surface area contributed by atoms with Crippen LogP contribution in [0.25, 0.3) is 10.9 Å². The number of hydrogen-bond donors (Lipinski definition) is 1. The number of carbonyl (C=O) groups excluding carboxylic acids is 1. The Morgan fingerprint density at radius 1 is 1.22 bits per heavy atom. The van der Waals surface area contributed by atoms with Crippen LogP contribution in [0.15, 0.2) is 35.4 Å². The number of aryl methyl sites for hydroxylation is 1. The Labute approximate surface area is 156 Å². The number of rotatable bonds is 4. The first kappa shape index (κ1) is 17.5. The van der Waals surface area contributed by atoms with Crippen LogP contribution in [-0.4, -0.2) is 32.3 Å². The first-order chi connectivity index (χ1) is 13.2. The number of ether oxygens (including phenoxy) is 1. The van der Waals surface area contributed by atoms with E-state index in [9.17, 15) is 9.59 Å². The molecule has 1 aromatic carbocycles. The van der Waals surface area contributed by atoms with Gasteiger partial charge in [0.05, 0.1) is 29.3 Å². The van der Waals surface area contributed by atoms with Crippen molar-refractivity contribution < 1.29 is 9.53 Å². The lowest BCUT2D eigenvalue weighted by Gasteiger charge is -2.16. The van der Waals surface area contributed by atoms with Gasteiger partial charge in [-0.25, -0.2) is 9.78 Å². The molecule has 0 radical (unpaired) electrons. The van der Waals surface area contributed by atoms with Crippen molar-refractivity contribution in [1.82, 2.24) is 19.7 Å². The Kier molecular flexibility index (Phi) is 5.00. The molecule has 0 saturated heterocycles. The van der Waals surface area contributed by atoms with E-state index in [1.165, 1.54) is 0 Å². The smallest absolute Gasteiger partial charge is 0.338 e. The summed E-state index contributed by atoms with van der Waals surface area (Å²) in [6.07, 6.45) is 9.22. The van der Waals surface area contributed by atoms with Gasteiger partial charge in [-0.05, 0) is 36.6 Å². The highest BCUT2D eigenvalue weighted by molar-refractivity contribution is 5.94. The minimum atomic E-state index is -0.408. The summed E-state index contributed by atoms with van der Waals surface area (Å²) in [4.78, 5) is 29.8. The minimum Gasteiger partial charge on any atom is -0.462 e. The second kappa shape index (κ2) is 7.73. The number of fused-ring (bicyclic) bond motifs is 2. The van der Waals surface area contributed by atoms with Gasteiger partial charge in [0.15, 0.2) is 0 Å². The molecule has 140 valence electrons. The van der Waals surface area contributed by atoms with Gasteiger partial charge < -0.3 is 4.74 Å². The second-order valence-corrected chi connectivity index (χ2v) is 6.87. The van der Waals surface area contributed by atoms with Crippen molar-refractivity contribution in [3.8, 4) is 0 Å². The molecule has 1 aliphatic rings. The van der Waals surface area contributed by atoms with E-state index in [0.29, 0.717) is 22.9 Å². The summed E-state index contributed by atoms with van der Waals surface area (Å²) in [5.41, 5.74) is 1.94. The SMILES string of the molecule is O=C(OCCc1cn[nH]c1)c1ccc2c(=O)n3c(nc2c1)CCCCCC3. The predicted octanol–water partition coefficient (Wildman–Crippen LogP) is 2.64. The van der Waals surface area contributed by atoms with Crippen LogP contribution < -0.4 is 5.56 Å². The zero-order chi connectivity index (χ0) is 18.6. The summed E-state index contributed by atoms with van der Waals surface area (Å²) >= 11 is 0. The van der Waals surface area contributed by atoms with E-state index in [4.69, 9.17) is 4.74 Å². The third kappa shape index (κ3) is 3.77. The lowest BCUT2D eigenvalue weighted by Crippen LogP contribution is -2.26. The molecule has 0 fully saturated rings. The molecule has 0 amide bonds. The van der Waals surface area contributed by atoms with Gasteiger partial charge >= 0.3 is 5.97 Å². The van der Waals surface area contributed by atoms with Crippen molar-refractivity contribution in [1.29, 1.82) is 0 Å². The maximum atomic E-state index is 12.8. The number of nitrogens with one attached hydrogen (secondary N) is 1. The lowest BCUT2D eigenvalue weighted by molar-refractivity contribution is 0.0509. The zero-order valence-electron chi connectivity index (χ0n) is 15.1. The molecule has 0 saturated carbocycles. The topological polar surface area (TPSA) is 89.9 Å². The Morgan fingerprint density at radius 2 is 2.11 bits per heavy atom. The summed E-state index contributed by atoms with van der Waals surface area (Å²) in [6.45, 7) is 0.992. The fraction of sp³-hybridized carbons (Fsp3) is 0.400. The molecule has 2 aromatic heterocycles. The molecule has 1 N–H and O–H groups in total. The number of H-pyrrole nitrogens is 1. The van der Waals surface area contributed by atoms with Crippen LogP contribution >= 0.6 is 0 Å². The molecule has 0 bridgehead atoms. The van der Waals surface area contributed by atoms with Gasteiger partial charge in [-0.2, -0.15) is 5.10 Å². The van der Waals surface area contributed by atoms with Crippen LogP contribution in [-0.2, 0) is 24.1 Å². The molecule has 0 atom stereocenters. The molecule has 3 aromatic rings. The van der Waals surface area contributed by atoms with Crippen LogP contribution in [0.1, 0.15) is 47.4 Å². The Bertz CT molecular complexity index is 1010. The molecular weight excluding hydrogens is 344 g/mol. The Balaban J connectivity index is 1.56. The highest BCUT2D eigenvalue weighted by Crippen LogP contribution is 2.17. The number of hydrogen-bond acceptors (Lipinski definition) is 5. The Hall–Kier alpha value is -2.96. The highest BCUT2D eigenvalue weighted by atomic mass is 16.5. The lowest BCUT2D eigenvalue weighted by atomic mass is 10.1. The number of benzene rings is 1. The van der Waals surface area contributed by atoms with Crippen LogP contribution in [0.2, 0.25) is 0 Å². The van der Waals surface area contributed by atoms with E-state index in [1.54, 1.807) is 35.2 Å². The fourth-order valence-electron chi connectivity index (χ4n) is 3.48. The minimum absolute atomic E-state index is 0.0169. The number of carbonyl (C=O) groups is 1. The number of nitrogens with zero attached hydrogens (tertiary/aromatic N) is 3. The average Bonchev–Trinajstić information content (AvgIpc) is 3.16. The van der Waals surface area contributed by atoms with Crippen LogP contribution in [0.4, 0.5) is 0 Å². The standard InChI is InChI=1S/C20H22N4O3/c25-19-16-7-6-15(20(26)27-10-8-14-12-21-22-13-14)11-17(16)23-18-5-3-1-2-4-9-24(18)19/h6-7,11-13H,1-5,8-10H2,(H,21,22). The third-order valence-electron chi connectivity index (χ3n) is 4.98. The normalized spacial score (nSPS) is 14.4. The van der Waals surface area contributed by atoms with Gasteiger partial charge in [0.1, 0.15) is 5.82 Å². The molecule has 0 aliphatic carbocycles. The van der Waals surface area contributed by atoms with Gasteiger partial charge in [-0.1, -0.05) is 12.8 Å². The maximum Gasteiger partial charge on any atom is 0.338 e. The quantitative estimate of drug-likeness (QED) is 0.717. The summed E-state index contributed by atoms with van der Waals surface area (Å²) in [5.74, 6) is 0.409. The van der Waals surface area contributed by atoms with E-state index in [1.807, 2.05) is 0 Å². The van der Waals surface area contributed by atoms with Crippen LogP contribution in [0.3, 0.4) is 0 Å². The number of esters is 1. The molecule has 4 rings (SSSR count). The Morgan fingerprint density at radius 3 is 2.96 bits per heavy atom. The monoisotopic (exact) mass is 366 g/mol. The molecule has 3 heterocycles. The van der Waals surface area contributed by atoms with Gasteiger partial charge in [0, 0.05) is 25.6 Å². The second-order valence-electron chi connectivity index (χ2n) is 6.87. The van der Waals surface area contributed by atoms with Crippen molar-refractivity contribution in [2.75, 3.05) is 6.61 Å². The maximum absolute atomic E-state index is 12.8. The van der Waals surface area contributed by atoms with E-state index < -0.39 is 5.97 Å². The highest BCUT2D eigenvalue weighted by Gasteiger charge is 2.15. The van der Waals surface area contributed by atoms with E-state index in [2.05, 4.69) is 15.2 Å². The van der Waals surface area contributed by atoms with Gasteiger partial charge in [-0.15, -0.1) is 0 Å². The molecule has 0 spiro atoms. The molecule has 0 unspecified atom stereocenters. The predicted molar refractivity (Wildman–Crippen MR) is 101 cm³/mol. The number of aromatic amines is 1. The van der Waals surface area contributed by atoms with Gasteiger partial charge in [-0.3, -0.25) is 14.5 Å². The van der Waals surface area contributed by atoms with Crippen molar-refractivity contribution in [3.63, 3.8) is 0 Å². The van der Waals surface area contributed by atoms with E-state index >= 15 is 0 Å². The van der Waals surface area contributed by atoms with Crippen molar-refractivity contribution >= 4 is 16.9 Å². The molecule has 7 nitrogen and oxygen atoms in total. The first-order valence-corrected chi connectivity index (χ1v) is 9.40. The van der Waals surface area contributed by atoms with Crippen LogP contribution in [0, 0.1) is 0 Å². The molecular formula is C20H22N4O3. The largest absolute Gasteiger partial charge is 0.462 e. The summed E-state index contributed by atoms with van der Waals surface area (Å²) < 4.78 is 7.13. The molecule has 7 heteroatoms. The zero-order valence-corrected chi connectivity index (χ0v) is 15.1. The van der Waals surface area contributed by atoms with Gasteiger partial charge in [0.25, 0.3) is 5.56 Å². The van der Waals surface area contributed by atoms with Crippen molar-refractivity contribution in [2.45, 2.75) is 45.1 Å². The summed E-state index contributed by atoms with van der Waals surface area (Å²) in [7, 11) is 0. The number of aromatic nitrogens is 4. The first-order valence-electron chi connectivity index (χ1n) is 9.40. The van der Waals surface area contributed by atoms with Crippen molar-refractivity contribution in [3.05, 3.63) is 57.9 Å². The van der Waals surface area contributed by atoms with E-state index in [0.717, 1.165) is 50.0 Å². The summed E-state index contributed by atoms with van der Waals surface area (Å²) in [5, 5.41) is 7.14. The average molecular weight is 366 g/mol. The third-order valence-corrected chi connectivity index (χ3v) is 4.98. The van der Waals surface area contributed by atoms with Crippen molar-refractivity contribution in [2.24, 2.45) is 0 Å². The van der Waals surface area contributed by atoms with E-state index in [-0.39, 0.29) is 12.2 Å². The van der Waals surface area contributed by atoms with Gasteiger partial charge in [0.2, 0.25) is 0 Å². The summed E-state index contributed by atoms with van der Waals surface area (Å²) in [6, 6.07) is 4.99. The molecule has 27 heavy (non-hydrogen) atoms. The molecule has 1 aliphatic heterocycles.